The monoisotopic (exact) mass is 110 g/mol. The Labute approximate surface area is 49.1 Å². The third-order valence-corrected chi connectivity index (χ3v) is 2.69. The highest BCUT2D eigenvalue weighted by Gasteiger charge is 2.49. The SMILES string of the molecule is O=CC12CCC(C1)C2. The molecule has 0 N–H and O–H groups in total. The summed E-state index contributed by atoms with van der Waals surface area (Å²) in [5, 5.41) is 0. The molecule has 0 heterocycles. The van der Waals surface area contributed by atoms with Crippen LogP contribution < -0.4 is 0 Å². The maximum atomic E-state index is 10.4. The van der Waals surface area contributed by atoms with E-state index in [0.29, 0.717) is 0 Å². The van der Waals surface area contributed by atoms with E-state index in [1.165, 1.54) is 32.0 Å². The summed E-state index contributed by atoms with van der Waals surface area (Å²) in [4.78, 5) is 10.4. The second-order valence-electron chi connectivity index (χ2n) is 3.29. The highest BCUT2D eigenvalue weighted by Crippen LogP contribution is 2.57. The molecule has 1 nitrogen and oxygen atoms in total. The smallest absolute Gasteiger partial charge is 0.126 e. The Morgan fingerprint density at radius 3 is 2.50 bits per heavy atom. The molecule has 1 heteroatoms. The molecular weight excluding hydrogens is 100 g/mol. The van der Waals surface area contributed by atoms with Crippen molar-refractivity contribution in [1.82, 2.24) is 0 Å². The highest BCUT2D eigenvalue weighted by atomic mass is 16.1. The van der Waals surface area contributed by atoms with Gasteiger partial charge in [-0.05, 0) is 31.6 Å². The molecule has 3 rings (SSSR count). The molecule has 3 aliphatic carbocycles. The quantitative estimate of drug-likeness (QED) is 0.466. The number of hydrogen-bond donors (Lipinski definition) is 0. The van der Waals surface area contributed by atoms with Crippen LogP contribution in [0.3, 0.4) is 0 Å². The van der Waals surface area contributed by atoms with Crippen molar-refractivity contribution in [2.75, 3.05) is 0 Å². The molecule has 0 radical (unpaired) electrons. The van der Waals surface area contributed by atoms with Gasteiger partial charge in [-0.1, -0.05) is 0 Å². The third kappa shape index (κ3) is 0.355. The Bertz CT molecular complexity index is 117. The largest absolute Gasteiger partial charge is 0.303 e. The van der Waals surface area contributed by atoms with Gasteiger partial charge in [-0.3, -0.25) is 0 Å². The first-order valence-electron chi connectivity index (χ1n) is 3.31. The standard InChI is InChI=1S/C7H10O/c8-5-7-2-1-6(3-7)4-7/h5-6H,1-4H2. The van der Waals surface area contributed by atoms with Gasteiger partial charge < -0.3 is 4.79 Å². The van der Waals surface area contributed by atoms with Crippen molar-refractivity contribution in [1.29, 1.82) is 0 Å². The van der Waals surface area contributed by atoms with Crippen molar-refractivity contribution >= 4 is 6.29 Å². The van der Waals surface area contributed by atoms with Gasteiger partial charge in [0.1, 0.15) is 6.29 Å². The van der Waals surface area contributed by atoms with E-state index in [1.54, 1.807) is 0 Å². The molecule has 0 unspecified atom stereocenters. The van der Waals surface area contributed by atoms with Gasteiger partial charge in [-0.15, -0.1) is 0 Å². The van der Waals surface area contributed by atoms with Crippen LogP contribution in [0.4, 0.5) is 0 Å². The summed E-state index contributed by atoms with van der Waals surface area (Å²) in [6.07, 6.45) is 6.09. The fourth-order valence-corrected chi connectivity index (χ4v) is 2.15. The van der Waals surface area contributed by atoms with E-state index in [4.69, 9.17) is 0 Å². The minimum absolute atomic E-state index is 0.199. The van der Waals surface area contributed by atoms with Gasteiger partial charge >= 0.3 is 0 Å². The summed E-state index contributed by atoms with van der Waals surface area (Å²) in [5.74, 6) is 0.931. The van der Waals surface area contributed by atoms with E-state index < -0.39 is 0 Å². The average molecular weight is 110 g/mol. The predicted octanol–water partition coefficient (Wildman–Crippen LogP) is 1.38. The minimum Gasteiger partial charge on any atom is -0.303 e. The maximum Gasteiger partial charge on any atom is 0.126 e. The molecule has 0 aliphatic heterocycles. The van der Waals surface area contributed by atoms with Crippen molar-refractivity contribution in [2.24, 2.45) is 11.3 Å². The molecule has 3 aliphatic rings. The van der Waals surface area contributed by atoms with Crippen LogP contribution in [0.1, 0.15) is 25.7 Å². The molecule has 44 valence electrons. The normalized spacial score (nSPS) is 50.8. The fraction of sp³-hybridized carbons (Fsp3) is 0.857. The van der Waals surface area contributed by atoms with Crippen molar-refractivity contribution in [3.8, 4) is 0 Å². The van der Waals surface area contributed by atoms with Crippen LogP contribution in [0.2, 0.25) is 0 Å². The van der Waals surface area contributed by atoms with Crippen LogP contribution >= 0.6 is 0 Å². The molecule has 2 bridgehead atoms. The Morgan fingerprint density at radius 1 is 1.50 bits per heavy atom. The van der Waals surface area contributed by atoms with E-state index in [1.807, 2.05) is 0 Å². The topological polar surface area (TPSA) is 17.1 Å². The molecule has 0 aromatic carbocycles. The highest BCUT2D eigenvalue weighted by molar-refractivity contribution is 5.62. The molecule has 3 saturated carbocycles. The number of fused-ring (bicyclic) bond motifs is 1. The number of hydrogen-bond acceptors (Lipinski definition) is 1. The van der Waals surface area contributed by atoms with Crippen molar-refractivity contribution in [2.45, 2.75) is 25.7 Å². The zero-order valence-electron chi connectivity index (χ0n) is 4.89. The van der Waals surface area contributed by atoms with Crippen LogP contribution in [-0.2, 0) is 4.79 Å². The lowest BCUT2D eigenvalue weighted by molar-refractivity contribution is -0.119. The van der Waals surface area contributed by atoms with Gasteiger partial charge in [-0.2, -0.15) is 0 Å². The zero-order chi connectivity index (χ0) is 5.61. The third-order valence-electron chi connectivity index (χ3n) is 2.69. The van der Waals surface area contributed by atoms with Crippen molar-refractivity contribution in [3.05, 3.63) is 0 Å². The summed E-state index contributed by atoms with van der Waals surface area (Å²) in [7, 11) is 0. The first-order valence-corrected chi connectivity index (χ1v) is 3.31. The molecule has 3 fully saturated rings. The number of carbonyl (C=O) groups excluding carboxylic acids is 1. The van der Waals surface area contributed by atoms with Crippen LogP contribution in [0.15, 0.2) is 0 Å². The van der Waals surface area contributed by atoms with Crippen LogP contribution in [0.5, 0.6) is 0 Å². The molecule has 0 spiro atoms. The minimum atomic E-state index is 0.199. The van der Waals surface area contributed by atoms with Crippen LogP contribution in [0, 0.1) is 11.3 Å². The second-order valence-corrected chi connectivity index (χ2v) is 3.29. The summed E-state index contributed by atoms with van der Waals surface area (Å²) >= 11 is 0. The van der Waals surface area contributed by atoms with E-state index in [0.717, 1.165) is 5.92 Å². The molecule has 0 saturated heterocycles. The second kappa shape index (κ2) is 1.15. The molecule has 0 amide bonds. The van der Waals surface area contributed by atoms with E-state index >= 15 is 0 Å². The lowest BCUT2D eigenvalue weighted by Crippen LogP contribution is -2.28. The van der Waals surface area contributed by atoms with E-state index in [9.17, 15) is 4.79 Å². The summed E-state index contributed by atoms with van der Waals surface area (Å²) in [6, 6.07) is 0. The Hall–Kier alpha value is -0.330. The van der Waals surface area contributed by atoms with Gasteiger partial charge in [0.05, 0.1) is 0 Å². The first-order chi connectivity index (χ1) is 3.85. The summed E-state index contributed by atoms with van der Waals surface area (Å²) < 4.78 is 0. The predicted molar refractivity (Wildman–Crippen MR) is 30.5 cm³/mol. The number of rotatable bonds is 1. The van der Waals surface area contributed by atoms with Gasteiger partial charge in [0.15, 0.2) is 0 Å². The van der Waals surface area contributed by atoms with Gasteiger partial charge in [0.25, 0.3) is 0 Å². The Kier molecular flexibility index (Phi) is 0.651. The lowest BCUT2D eigenvalue weighted by atomic mass is 9.71. The Balaban J connectivity index is 2.19. The van der Waals surface area contributed by atoms with Gasteiger partial charge in [0.2, 0.25) is 0 Å². The maximum absolute atomic E-state index is 10.4. The van der Waals surface area contributed by atoms with Crippen molar-refractivity contribution in [3.63, 3.8) is 0 Å². The number of carbonyl (C=O) groups is 1. The first kappa shape index (κ1) is 4.54. The molecule has 0 aromatic rings. The summed E-state index contributed by atoms with van der Waals surface area (Å²) in [6.45, 7) is 0. The van der Waals surface area contributed by atoms with E-state index in [2.05, 4.69) is 0 Å². The molecule has 0 atom stereocenters. The molecule has 0 aromatic heterocycles. The average Bonchev–Trinajstić information content (AvgIpc) is 2.17. The van der Waals surface area contributed by atoms with Crippen LogP contribution in [-0.4, -0.2) is 6.29 Å². The van der Waals surface area contributed by atoms with Crippen molar-refractivity contribution < 1.29 is 4.79 Å². The Morgan fingerprint density at radius 2 is 2.25 bits per heavy atom. The number of aldehydes is 1. The lowest BCUT2D eigenvalue weighted by Gasteiger charge is -2.32. The zero-order valence-corrected chi connectivity index (χ0v) is 4.89. The van der Waals surface area contributed by atoms with Crippen LogP contribution in [0.25, 0.3) is 0 Å². The molecular formula is C7H10O. The summed E-state index contributed by atoms with van der Waals surface area (Å²) in [5.41, 5.74) is 0.199. The fourth-order valence-electron chi connectivity index (χ4n) is 2.15. The molecule has 8 heavy (non-hydrogen) atoms. The van der Waals surface area contributed by atoms with E-state index in [-0.39, 0.29) is 5.41 Å². The van der Waals surface area contributed by atoms with Gasteiger partial charge in [0, 0.05) is 5.41 Å². The van der Waals surface area contributed by atoms with Gasteiger partial charge in [-0.25, -0.2) is 0 Å².